The van der Waals surface area contributed by atoms with E-state index in [9.17, 15) is 13.2 Å². The van der Waals surface area contributed by atoms with Crippen LogP contribution in [0.2, 0.25) is 0 Å². The molecule has 2 aliphatic heterocycles. The number of rotatable bonds is 7. The van der Waals surface area contributed by atoms with E-state index in [2.05, 4.69) is 38.2 Å². The van der Waals surface area contributed by atoms with Gasteiger partial charge in [0.2, 0.25) is 15.9 Å². The molecular formula is C19H32N6O3S. The summed E-state index contributed by atoms with van der Waals surface area (Å²) in [6.07, 6.45) is 5.35. The summed E-state index contributed by atoms with van der Waals surface area (Å²) in [6.45, 7) is 4.73. The van der Waals surface area contributed by atoms with Crippen LogP contribution in [0.3, 0.4) is 0 Å². The van der Waals surface area contributed by atoms with Crippen LogP contribution in [0.5, 0.6) is 0 Å². The highest BCUT2D eigenvalue weighted by atomic mass is 32.2. The number of hydrogen-bond acceptors (Lipinski definition) is 6. The fourth-order valence-corrected chi connectivity index (χ4v) is 5.38. The predicted molar refractivity (Wildman–Crippen MR) is 113 cm³/mol. The monoisotopic (exact) mass is 424 g/mol. The predicted octanol–water partition coefficient (Wildman–Crippen LogP) is 1.12. The summed E-state index contributed by atoms with van der Waals surface area (Å²) in [5.74, 6) is 0.557. The first-order valence-electron chi connectivity index (χ1n) is 10.1. The number of fused-ring (bicyclic) bond motifs is 1. The molecule has 1 aromatic heterocycles. The lowest BCUT2D eigenvalue weighted by Crippen LogP contribution is -2.50. The first-order chi connectivity index (χ1) is 13.7. The van der Waals surface area contributed by atoms with Crippen LogP contribution >= 0.6 is 0 Å². The number of nitrogens with zero attached hydrogens (tertiary/aromatic N) is 4. The van der Waals surface area contributed by atoms with Crippen molar-refractivity contribution in [3.8, 4) is 0 Å². The second kappa shape index (κ2) is 8.85. The van der Waals surface area contributed by atoms with E-state index in [1.807, 2.05) is 19.6 Å². The van der Waals surface area contributed by atoms with Gasteiger partial charge in [0.1, 0.15) is 12.0 Å². The fraction of sp³-hybridized carbons (Fsp3) is 0.684. The maximum Gasteiger partial charge on any atom is 0.222 e. The standard InChI is InChI=1S/C19H32N6O3S/c1-14(2)18(26)21-9-12-29(27,28)25-10-6-15(7-11-25)24(4)19-16-5-8-20-17(16)22-13-23(19)3/h5,8,13-15,19-20H,6-7,9-12H2,1-4H3,(H,21,26). The number of sulfonamides is 1. The highest BCUT2D eigenvalue weighted by Crippen LogP contribution is 2.35. The normalized spacial score (nSPS) is 21.0. The van der Waals surface area contributed by atoms with Crippen LogP contribution in [0.15, 0.2) is 17.3 Å². The Bertz CT molecular complexity index is 842. The summed E-state index contributed by atoms with van der Waals surface area (Å²) in [7, 11) is 0.731. The van der Waals surface area contributed by atoms with Gasteiger partial charge >= 0.3 is 0 Å². The molecule has 3 rings (SSSR count). The van der Waals surface area contributed by atoms with Crippen molar-refractivity contribution in [3.63, 3.8) is 0 Å². The van der Waals surface area contributed by atoms with E-state index in [1.54, 1.807) is 18.2 Å². The second-order valence-corrected chi connectivity index (χ2v) is 10.2. The number of amides is 1. The highest BCUT2D eigenvalue weighted by Gasteiger charge is 2.35. The molecule has 10 heteroatoms. The number of carbonyl (C=O) groups is 1. The molecule has 1 saturated heterocycles. The number of hydrogen-bond donors (Lipinski definition) is 2. The fourth-order valence-electron chi connectivity index (χ4n) is 3.99. The first kappa shape index (κ1) is 21.8. The van der Waals surface area contributed by atoms with Gasteiger partial charge in [-0.15, -0.1) is 0 Å². The van der Waals surface area contributed by atoms with E-state index in [-0.39, 0.29) is 36.3 Å². The molecule has 9 nitrogen and oxygen atoms in total. The third kappa shape index (κ3) is 4.81. The molecule has 0 bridgehead atoms. The van der Waals surface area contributed by atoms with Crippen molar-refractivity contribution in [3.05, 3.63) is 17.8 Å². The summed E-state index contributed by atoms with van der Waals surface area (Å²) >= 11 is 0. The van der Waals surface area contributed by atoms with Crippen molar-refractivity contribution in [1.29, 1.82) is 0 Å². The van der Waals surface area contributed by atoms with Crippen LogP contribution in [0, 0.1) is 5.92 Å². The summed E-state index contributed by atoms with van der Waals surface area (Å²) in [5, 5.41) is 2.69. The molecule has 2 aliphatic rings. The van der Waals surface area contributed by atoms with Crippen LogP contribution in [-0.4, -0.2) is 85.3 Å². The van der Waals surface area contributed by atoms with E-state index in [0.717, 1.165) is 24.2 Å². The Morgan fingerprint density at radius 2 is 2.07 bits per heavy atom. The number of piperidine rings is 1. The quantitative estimate of drug-likeness (QED) is 0.683. The van der Waals surface area contributed by atoms with Crippen LogP contribution < -0.4 is 5.32 Å². The molecule has 1 aromatic rings. The SMILES string of the molecule is CC(C)C(=O)NCCS(=O)(=O)N1CCC(N(C)C2c3cc[nH]c3N=CN2C)CC1. The van der Waals surface area contributed by atoms with Crippen LogP contribution in [-0.2, 0) is 14.8 Å². The third-order valence-corrected chi connectivity index (χ3v) is 7.62. The Kier molecular flexibility index (Phi) is 6.65. The molecule has 0 saturated carbocycles. The molecule has 0 spiro atoms. The summed E-state index contributed by atoms with van der Waals surface area (Å²) in [4.78, 5) is 23.6. The van der Waals surface area contributed by atoms with Gasteiger partial charge in [0.05, 0.1) is 12.1 Å². The number of carbonyl (C=O) groups excluding carboxylic acids is 1. The Morgan fingerprint density at radius 3 is 2.72 bits per heavy atom. The van der Waals surface area contributed by atoms with Crippen molar-refractivity contribution in [2.45, 2.75) is 38.9 Å². The van der Waals surface area contributed by atoms with Gasteiger partial charge < -0.3 is 15.2 Å². The Balaban J connectivity index is 1.55. The van der Waals surface area contributed by atoms with Crippen molar-refractivity contribution >= 4 is 28.1 Å². The van der Waals surface area contributed by atoms with E-state index in [4.69, 9.17) is 0 Å². The van der Waals surface area contributed by atoms with Crippen molar-refractivity contribution < 1.29 is 13.2 Å². The molecule has 0 aliphatic carbocycles. The molecule has 1 fully saturated rings. The molecule has 29 heavy (non-hydrogen) atoms. The minimum Gasteiger partial charge on any atom is -0.355 e. The van der Waals surface area contributed by atoms with Gasteiger partial charge in [-0.05, 0) is 26.0 Å². The zero-order valence-corrected chi connectivity index (χ0v) is 18.4. The molecule has 0 aromatic carbocycles. The molecular weight excluding hydrogens is 392 g/mol. The zero-order valence-electron chi connectivity index (χ0n) is 17.6. The third-order valence-electron chi connectivity index (χ3n) is 5.75. The lowest BCUT2D eigenvalue weighted by Gasteiger charge is -2.43. The van der Waals surface area contributed by atoms with E-state index in [1.165, 1.54) is 0 Å². The topological polar surface area (TPSA) is 101 Å². The Labute approximate surface area is 173 Å². The van der Waals surface area contributed by atoms with Crippen molar-refractivity contribution in [1.82, 2.24) is 24.4 Å². The molecule has 3 heterocycles. The van der Waals surface area contributed by atoms with Gasteiger partial charge in [-0.3, -0.25) is 9.69 Å². The van der Waals surface area contributed by atoms with E-state index >= 15 is 0 Å². The highest BCUT2D eigenvalue weighted by molar-refractivity contribution is 7.89. The molecule has 2 N–H and O–H groups in total. The van der Waals surface area contributed by atoms with Crippen LogP contribution in [0.4, 0.5) is 5.82 Å². The smallest absolute Gasteiger partial charge is 0.222 e. The van der Waals surface area contributed by atoms with E-state index < -0.39 is 10.0 Å². The van der Waals surface area contributed by atoms with Gasteiger partial charge in [0, 0.05) is 50.4 Å². The molecule has 1 unspecified atom stereocenters. The zero-order chi connectivity index (χ0) is 21.2. The Morgan fingerprint density at radius 1 is 1.38 bits per heavy atom. The number of aliphatic imine (C=N–C) groups is 1. The Hall–Kier alpha value is -1.91. The minimum atomic E-state index is -3.37. The van der Waals surface area contributed by atoms with Crippen molar-refractivity contribution in [2.24, 2.45) is 10.9 Å². The number of H-pyrrole nitrogens is 1. The van der Waals surface area contributed by atoms with Gasteiger partial charge in [-0.2, -0.15) is 0 Å². The molecule has 162 valence electrons. The second-order valence-electron chi connectivity index (χ2n) is 8.12. The van der Waals surface area contributed by atoms with Gasteiger partial charge in [0.25, 0.3) is 0 Å². The molecule has 0 radical (unpaired) electrons. The lowest BCUT2D eigenvalue weighted by molar-refractivity contribution is -0.123. The van der Waals surface area contributed by atoms with Gasteiger partial charge in [-0.25, -0.2) is 17.7 Å². The summed E-state index contributed by atoms with van der Waals surface area (Å²) in [5.41, 5.74) is 1.13. The number of aromatic nitrogens is 1. The number of aromatic amines is 1. The lowest BCUT2D eigenvalue weighted by atomic mass is 10.0. The van der Waals surface area contributed by atoms with E-state index in [0.29, 0.717) is 13.1 Å². The summed E-state index contributed by atoms with van der Waals surface area (Å²) < 4.78 is 26.8. The largest absolute Gasteiger partial charge is 0.355 e. The van der Waals surface area contributed by atoms with Crippen LogP contribution in [0.25, 0.3) is 0 Å². The summed E-state index contributed by atoms with van der Waals surface area (Å²) in [6, 6.07) is 2.33. The average Bonchev–Trinajstić information content (AvgIpc) is 3.16. The first-order valence-corrected chi connectivity index (χ1v) is 11.7. The number of nitrogens with one attached hydrogen (secondary N) is 2. The molecule has 1 atom stereocenters. The maximum atomic E-state index is 12.6. The van der Waals surface area contributed by atoms with Crippen LogP contribution in [0.1, 0.15) is 38.4 Å². The van der Waals surface area contributed by atoms with Gasteiger partial charge in [0.15, 0.2) is 0 Å². The van der Waals surface area contributed by atoms with Crippen molar-refractivity contribution in [2.75, 3.05) is 39.5 Å². The maximum absolute atomic E-state index is 12.6. The minimum absolute atomic E-state index is 0.0551. The van der Waals surface area contributed by atoms with Gasteiger partial charge in [-0.1, -0.05) is 13.8 Å². The average molecular weight is 425 g/mol. The molecule has 1 amide bonds.